The molecular weight excluding hydrogens is 399 g/mol. The van der Waals surface area contributed by atoms with E-state index >= 15 is 0 Å². The third-order valence-electron chi connectivity index (χ3n) is 2.32. The van der Waals surface area contributed by atoms with Gasteiger partial charge in [-0.15, -0.1) is 11.3 Å². The molecule has 0 fully saturated rings. The van der Waals surface area contributed by atoms with Crippen LogP contribution in [0.4, 0.5) is 5.69 Å². The van der Waals surface area contributed by atoms with Crippen LogP contribution in [-0.4, -0.2) is 11.8 Å². The first-order valence-electron chi connectivity index (χ1n) is 5.12. The van der Waals surface area contributed by atoms with E-state index in [0.29, 0.717) is 11.3 Å². The molecule has 0 aliphatic rings. The minimum absolute atomic E-state index is 0.180. The van der Waals surface area contributed by atoms with E-state index in [1.54, 1.807) is 17.5 Å². The van der Waals surface area contributed by atoms with Crippen LogP contribution in [0.25, 0.3) is 0 Å². The Bertz CT molecular complexity index is 657. The minimum atomic E-state index is -0.633. The van der Waals surface area contributed by atoms with Crippen LogP contribution >= 0.6 is 45.5 Å². The maximum atomic E-state index is 11.9. The molecule has 98 valence electrons. The second-order valence-corrected chi connectivity index (χ2v) is 6.87. The maximum absolute atomic E-state index is 11.9. The van der Waals surface area contributed by atoms with Gasteiger partial charge in [0.25, 0.3) is 5.91 Å². The first kappa shape index (κ1) is 14.3. The number of nitrogens with one attached hydrogen (secondary N) is 1. The topological polar surface area (TPSA) is 72.2 Å². The van der Waals surface area contributed by atoms with Crippen molar-refractivity contribution in [2.75, 3.05) is 5.32 Å². The average molecular weight is 407 g/mol. The highest BCUT2D eigenvalue weighted by Gasteiger charge is 2.11. The van der Waals surface area contributed by atoms with Crippen LogP contribution in [-0.2, 0) is 0 Å². The zero-order chi connectivity index (χ0) is 14.0. The molecule has 0 unspecified atom stereocenters. The molecule has 0 aliphatic carbocycles. The van der Waals surface area contributed by atoms with Gasteiger partial charge in [0.2, 0.25) is 5.91 Å². The number of primary amides is 1. The Balaban J connectivity index is 2.22. The van der Waals surface area contributed by atoms with E-state index in [1.807, 2.05) is 0 Å². The fourth-order valence-corrected chi connectivity index (χ4v) is 2.96. The lowest BCUT2D eigenvalue weighted by atomic mass is 10.2. The van der Waals surface area contributed by atoms with Crippen LogP contribution < -0.4 is 11.1 Å². The van der Waals surface area contributed by atoms with E-state index in [0.717, 1.165) is 2.88 Å². The molecule has 0 aliphatic heterocycles. The molecule has 0 spiro atoms. The third-order valence-corrected chi connectivity index (χ3v) is 4.44. The zero-order valence-corrected chi connectivity index (χ0v) is 13.2. The fraction of sp³-hybridized carbons (Fsp3) is 0. The van der Waals surface area contributed by atoms with Crippen LogP contribution in [0.5, 0.6) is 0 Å². The molecule has 0 atom stereocenters. The quantitative estimate of drug-likeness (QED) is 0.767. The van der Waals surface area contributed by atoms with E-state index < -0.39 is 5.91 Å². The van der Waals surface area contributed by atoms with Crippen molar-refractivity contribution in [2.24, 2.45) is 5.73 Å². The van der Waals surface area contributed by atoms with Gasteiger partial charge in [0.1, 0.15) is 0 Å². The molecule has 2 amide bonds. The first-order valence-corrected chi connectivity index (χ1v) is 7.46. The Morgan fingerprint density at radius 1 is 1.32 bits per heavy atom. The molecule has 19 heavy (non-hydrogen) atoms. The van der Waals surface area contributed by atoms with Gasteiger partial charge in [-0.2, -0.15) is 0 Å². The maximum Gasteiger partial charge on any atom is 0.256 e. The second-order valence-electron chi connectivity index (χ2n) is 3.65. The van der Waals surface area contributed by atoms with Crippen molar-refractivity contribution in [2.45, 2.75) is 0 Å². The van der Waals surface area contributed by atoms with Gasteiger partial charge >= 0.3 is 0 Å². The number of rotatable bonds is 3. The van der Waals surface area contributed by atoms with E-state index in [1.165, 1.54) is 23.5 Å². The summed E-state index contributed by atoms with van der Waals surface area (Å²) in [4.78, 5) is 23.1. The lowest BCUT2D eigenvalue weighted by molar-refractivity contribution is 0.0996. The molecule has 0 bridgehead atoms. The number of nitrogens with two attached hydrogens (primary N) is 1. The third kappa shape index (κ3) is 3.46. The summed E-state index contributed by atoms with van der Waals surface area (Å²) in [6.07, 6.45) is 0. The summed E-state index contributed by atoms with van der Waals surface area (Å²) in [6, 6.07) is 6.38. The molecule has 2 rings (SSSR count). The number of halogens is 2. The van der Waals surface area contributed by atoms with Gasteiger partial charge in [-0.25, -0.2) is 0 Å². The molecule has 1 heterocycles. The fourth-order valence-electron chi connectivity index (χ4n) is 1.42. The number of hydrogen-bond donors (Lipinski definition) is 2. The molecule has 0 saturated heterocycles. The molecule has 7 heteroatoms. The van der Waals surface area contributed by atoms with Crippen molar-refractivity contribution in [3.8, 4) is 0 Å². The summed E-state index contributed by atoms with van der Waals surface area (Å²) in [5.74, 6) is -0.872. The standard InChI is InChI=1S/C12H8ClIN2O2S/c13-9-2-1-7(4-8(9)11(15)17)16-12(18)6-3-10(14)19-5-6/h1-5H,(H2,15,17)(H,16,18). The number of amides is 2. The average Bonchev–Trinajstić information content (AvgIpc) is 2.78. The number of carbonyl (C=O) groups is 2. The summed E-state index contributed by atoms with van der Waals surface area (Å²) in [6.45, 7) is 0. The predicted octanol–water partition coefficient (Wildman–Crippen LogP) is 3.36. The van der Waals surface area contributed by atoms with E-state index in [2.05, 4.69) is 27.9 Å². The van der Waals surface area contributed by atoms with Crippen LogP contribution in [0, 0.1) is 2.88 Å². The van der Waals surface area contributed by atoms with Gasteiger partial charge < -0.3 is 11.1 Å². The lowest BCUT2D eigenvalue weighted by Gasteiger charge is -2.06. The van der Waals surface area contributed by atoms with E-state index in [-0.39, 0.29) is 16.5 Å². The Hall–Kier alpha value is -1.12. The Morgan fingerprint density at radius 2 is 2.05 bits per heavy atom. The number of thiophene rings is 1. The first-order chi connectivity index (χ1) is 8.97. The summed E-state index contributed by atoms with van der Waals surface area (Å²) < 4.78 is 1.02. The molecule has 3 N–H and O–H groups in total. The van der Waals surface area contributed by atoms with Gasteiger partial charge in [-0.05, 0) is 46.9 Å². The van der Waals surface area contributed by atoms with E-state index in [4.69, 9.17) is 17.3 Å². The summed E-state index contributed by atoms with van der Waals surface area (Å²) >= 11 is 9.46. The Morgan fingerprint density at radius 3 is 2.63 bits per heavy atom. The smallest absolute Gasteiger partial charge is 0.256 e. The highest BCUT2D eigenvalue weighted by Crippen LogP contribution is 2.22. The lowest BCUT2D eigenvalue weighted by Crippen LogP contribution is -2.14. The van der Waals surface area contributed by atoms with Crippen LogP contribution in [0.1, 0.15) is 20.7 Å². The van der Waals surface area contributed by atoms with Gasteiger partial charge in [0, 0.05) is 11.1 Å². The molecule has 1 aromatic carbocycles. The number of anilines is 1. The summed E-state index contributed by atoms with van der Waals surface area (Å²) in [5.41, 5.74) is 6.42. The van der Waals surface area contributed by atoms with Crippen molar-refractivity contribution in [1.29, 1.82) is 0 Å². The van der Waals surface area contributed by atoms with Crippen molar-refractivity contribution in [3.63, 3.8) is 0 Å². The molecule has 1 aromatic heterocycles. The number of carbonyl (C=O) groups excluding carboxylic acids is 2. The molecule has 0 saturated carbocycles. The van der Waals surface area contributed by atoms with Crippen molar-refractivity contribution in [1.82, 2.24) is 0 Å². The Kier molecular flexibility index (Phi) is 4.43. The zero-order valence-electron chi connectivity index (χ0n) is 9.44. The highest BCUT2D eigenvalue weighted by atomic mass is 127. The van der Waals surface area contributed by atoms with Gasteiger partial charge in [0.05, 0.1) is 19.0 Å². The Labute approximate surface area is 132 Å². The number of hydrogen-bond acceptors (Lipinski definition) is 3. The molecular formula is C12H8ClIN2O2S. The SMILES string of the molecule is NC(=O)c1cc(NC(=O)c2csc(I)c2)ccc1Cl. The van der Waals surface area contributed by atoms with Crippen molar-refractivity contribution < 1.29 is 9.59 Å². The predicted molar refractivity (Wildman–Crippen MR) is 85.0 cm³/mol. The monoisotopic (exact) mass is 406 g/mol. The summed E-state index contributed by atoms with van der Waals surface area (Å²) in [7, 11) is 0. The minimum Gasteiger partial charge on any atom is -0.366 e. The normalized spacial score (nSPS) is 10.2. The van der Waals surface area contributed by atoms with Crippen LogP contribution in [0.3, 0.4) is 0 Å². The molecule has 0 radical (unpaired) electrons. The van der Waals surface area contributed by atoms with Crippen LogP contribution in [0.2, 0.25) is 5.02 Å². The largest absolute Gasteiger partial charge is 0.366 e. The molecule has 4 nitrogen and oxygen atoms in total. The van der Waals surface area contributed by atoms with Gasteiger partial charge in [-0.1, -0.05) is 11.6 Å². The highest BCUT2D eigenvalue weighted by molar-refractivity contribution is 14.1. The van der Waals surface area contributed by atoms with Crippen molar-refractivity contribution in [3.05, 3.63) is 48.7 Å². The van der Waals surface area contributed by atoms with Crippen molar-refractivity contribution >= 4 is 63.0 Å². The van der Waals surface area contributed by atoms with Gasteiger partial charge in [-0.3, -0.25) is 9.59 Å². The summed E-state index contributed by atoms with van der Waals surface area (Å²) in [5, 5.41) is 4.72. The number of benzene rings is 1. The van der Waals surface area contributed by atoms with Gasteiger partial charge in [0.15, 0.2) is 0 Å². The second kappa shape index (κ2) is 5.89. The van der Waals surface area contributed by atoms with E-state index in [9.17, 15) is 9.59 Å². The molecule has 2 aromatic rings. The van der Waals surface area contributed by atoms with Crippen LogP contribution in [0.15, 0.2) is 29.6 Å².